The molecule has 1 heterocycles. The van der Waals surface area contributed by atoms with Gasteiger partial charge in [-0.3, -0.25) is 0 Å². The lowest BCUT2D eigenvalue weighted by molar-refractivity contribution is 0.422. The topological polar surface area (TPSA) is 51.0 Å². The minimum Gasteiger partial charge on any atom is -0.494 e. The Morgan fingerprint density at radius 3 is 2.76 bits per heavy atom. The third kappa shape index (κ3) is 1.66. The van der Waals surface area contributed by atoms with E-state index in [4.69, 9.17) is 10.5 Å². The van der Waals surface area contributed by atoms with Crippen LogP contribution >= 0.6 is 0 Å². The van der Waals surface area contributed by atoms with Crippen molar-refractivity contribution in [3.8, 4) is 5.75 Å². The maximum absolute atomic E-state index is 5.92. The first kappa shape index (κ1) is 10.5. The SMILES string of the molecule is COc1c(N)ccc2[nH]c(C3CCCC3)cc12. The number of benzene rings is 1. The van der Waals surface area contributed by atoms with Crippen molar-refractivity contribution in [2.24, 2.45) is 0 Å². The Hall–Kier alpha value is -1.64. The highest BCUT2D eigenvalue weighted by Gasteiger charge is 2.20. The number of aromatic amines is 1. The molecule has 1 saturated carbocycles. The Bertz CT molecular complexity index is 538. The maximum atomic E-state index is 5.92. The minimum absolute atomic E-state index is 0.688. The summed E-state index contributed by atoms with van der Waals surface area (Å²) >= 11 is 0. The molecular weight excluding hydrogens is 212 g/mol. The molecule has 17 heavy (non-hydrogen) atoms. The van der Waals surface area contributed by atoms with E-state index >= 15 is 0 Å². The fraction of sp³-hybridized carbons (Fsp3) is 0.429. The number of hydrogen-bond donors (Lipinski definition) is 2. The first-order chi connectivity index (χ1) is 8.29. The number of ether oxygens (including phenoxy) is 1. The summed E-state index contributed by atoms with van der Waals surface area (Å²) in [5.74, 6) is 1.48. The number of hydrogen-bond acceptors (Lipinski definition) is 2. The monoisotopic (exact) mass is 230 g/mol. The molecule has 0 amide bonds. The van der Waals surface area contributed by atoms with Crippen molar-refractivity contribution in [1.29, 1.82) is 0 Å². The van der Waals surface area contributed by atoms with Crippen molar-refractivity contribution >= 4 is 16.6 Å². The van der Waals surface area contributed by atoms with Crippen molar-refractivity contribution in [2.45, 2.75) is 31.6 Å². The van der Waals surface area contributed by atoms with Crippen LogP contribution in [0.4, 0.5) is 5.69 Å². The first-order valence-electron chi connectivity index (χ1n) is 6.24. The van der Waals surface area contributed by atoms with Crippen molar-refractivity contribution in [3.05, 3.63) is 23.9 Å². The van der Waals surface area contributed by atoms with Gasteiger partial charge in [-0.05, 0) is 37.0 Å². The molecule has 0 aliphatic heterocycles. The number of fused-ring (bicyclic) bond motifs is 1. The largest absolute Gasteiger partial charge is 0.494 e. The molecule has 0 radical (unpaired) electrons. The van der Waals surface area contributed by atoms with Gasteiger partial charge in [-0.1, -0.05) is 12.8 Å². The Labute approximate surface area is 101 Å². The summed E-state index contributed by atoms with van der Waals surface area (Å²) in [6.07, 6.45) is 5.29. The van der Waals surface area contributed by atoms with Crippen LogP contribution in [-0.4, -0.2) is 12.1 Å². The maximum Gasteiger partial charge on any atom is 0.151 e. The standard InChI is InChI=1S/C14H18N2O/c1-17-14-10-8-13(9-4-2-3-5-9)16-12(10)7-6-11(14)15/h6-9,16H,2-5,15H2,1H3. The summed E-state index contributed by atoms with van der Waals surface area (Å²) in [6, 6.07) is 6.14. The van der Waals surface area contributed by atoms with Gasteiger partial charge in [-0.25, -0.2) is 0 Å². The van der Waals surface area contributed by atoms with Crippen LogP contribution in [-0.2, 0) is 0 Å². The smallest absolute Gasteiger partial charge is 0.151 e. The van der Waals surface area contributed by atoms with E-state index in [9.17, 15) is 0 Å². The van der Waals surface area contributed by atoms with Crippen LogP contribution in [0.2, 0.25) is 0 Å². The molecule has 90 valence electrons. The highest BCUT2D eigenvalue weighted by atomic mass is 16.5. The van der Waals surface area contributed by atoms with E-state index in [0.717, 1.165) is 16.7 Å². The molecule has 2 aromatic rings. The summed E-state index contributed by atoms with van der Waals surface area (Å²) in [5, 5.41) is 1.11. The molecule has 1 fully saturated rings. The molecule has 1 aromatic heterocycles. The fourth-order valence-electron chi connectivity index (χ4n) is 2.90. The number of rotatable bonds is 2. The second-order valence-electron chi connectivity index (χ2n) is 4.86. The summed E-state index contributed by atoms with van der Waals surface area (Å²) < 4.78 is 5.39. The van der Waals surface area contributed by atoms with Crippen LogP contribution in [0.15, 0.2) is 18.2 Å². The van der Waals surface area contributed by atoms with Crippen molar-refractivity contribution < 1.29 is 4.74 Å². The van der Waals surface area contributed by atoms with E-state index in [1.165, 1.54) is 31.4 Å². The van der Waals surface area contributed by atoms with E-state index in [2.05, 4.69) is 11.1 Å². The molecule has 3 rings (SSSR count). The number of anilines is 1. The Morgan fingerprint density at radius 2 is 2.06 bits per heavy atom. The van der Waals surface area contributed by atoms with Crippen molar-refractivity contribution in [2.75, 3.05) is 12.8 Å². The lowest BCUT2D eigenvalue weighted by atomic mass is 10.0. The van der Waals surface area contributed by atoms with Gasteiger partial charge < -0.3 is 15.5 Å². The summed E-state index contributed by atoms with van der Waals surface area (Å²) in [6.45, 7) is 0. The highest BCUT2D eigenvalue weighted by molar-refractivity contribution is 5.91. The molecule has 3 nitrogen and oxygen atoms in total. The van der Waals surface area contributed by atoms with E-state index in [1.807, 2.05) is 12.1 Å². The van der Waals surface area contributed by atoms with E-state index in [-0.39, 0.29) is 0 Å². The average molecular weight is 230 g/mol. The third-order valence-corrected chi connectivity index (χ3v) is 3.80. The van der Waals surface area contributed by atoms with Gasteiger partial charge >= 0.3 is 0 Å². The van der Waals surface area contributed by atoms with Gasteiger partial charge in [0.15, 0.2) is 5.75 Å². The van der Waals surface area contributed by atoms with Crippen LogP contribution in [0.3, 0.4) is 0 Å². The van der Waals surface area contributed by atoms with Gasteiger partial charge in [0.1, 0.15) is 0 Å². The molecule has 3 heteroatoms. The molecule has 1 aliphatic carbocycles. The van der Waals surface area contributed by atoms with Crippen molar-refractivity contribution in [3.63, 3.8) is 0 Å². The van der Waals surface area contributed by atoms with Gasteiger partial charge in [0.05, 0.1) is 12.8 Å². The summed E-state index contributed by atoms with van der Waals surface area (Å²) in [5.41, 5.74) is 9.08. The first-order valence-corrected chi connectivity index (χ1v) is 6.24. The predicted molar refractivity (Wildman–Crippen MR) is 70.5 cm³/mol. The van der Waals surface area contributed by atoms with Gasteiger partial charge in [0, 0.05) is 16.6 Å². The zero-order valence-electron chi connectivity index (χ0n) is 10.1. The van der Waals surface area contributed by atoms with Crippen molar-refractivity contribution in [1.82, 2.24) is 4.98 Å². The second kappa shape index (κ2) is 3.99. The number of nitrogen functional groups attached to an aromatic ring is 1. The predicted octanol–water partition coefficient (Wildman–Crippen LogP) is 3.42. The number of H-pyrrole nitrogens is 1. The molecule has 3 N–H and O–H groups in total. The summed E-state index contributed by atoms with van der Waals surface area (Å²) in [7, 11) is 1.67. The molecule has 0 atom stereocenters. The van der Waals surface area contributed by atoms with Crippen LogP contribution < -0.4 is 10.5 Å². The Balaban J connectivity index is 2.11. The fourth-order valence-corrected chi connectivity index (χ4v) is 2.90. The molecule has 0 spiro atoms. The Morgan fingerprint density at radius 1 is 1.29 bits per heavy atom. The van der Waals surface area contributed by atoms with Gasteiger partial charge in [-0.2, -0.15) is 0 Å². The number of methoxy groups -OCH3 is 1. The second-order valence-corrected chi connectivity index (χ2v) is 4.86. The molecule has 0 bridgehead atoms. The molecule has 1 aromatic carbocycles. The van der Waals surface area contributed by atoms with Gasteiger partial charge in [0.2, 0.25) is 0 Å². The lowest BCUT2D eigenvalue weighted by Gasteiger charge is -2.04. The molecular formula is C14H18N2O. The van der Waals surface area contributed by atoms with Crippen LogP contribution in [0.25, 0.3) is 10.9 Å². The number of aromatic nitrogens is 1. The minimum atomic E-state index is 0.688. The zero-order valence-corrected chi connectivity index (χ0v) is 10.1. The highest BCUT2D eigenvalue weighted by Crippen LogP contribution is 2.38. The zero-order chi connectivity index (χ0) is 11.8. The molecule has 1 aliphatic rings. The van der Waals surface area contributed by atoms with Gasteiger partial charge in [0.25, 0.3) is 0 Å². The van der Waals surface area contributed by atoms with E-state index in [1.54, 1.807) is 7.11 Å². The van der Waals surface area contributed by atoms with Crippen LogP contribution in [0.5, 0.6) is 5.75 Å². The Kier molecular flexibility index (Phi) is 2.46. The normalized spacial score (nSPS) is 16.8. The number of nitrogens with two attached hydrogens (primary N) is 1. The lowest BCUT2D eigenvalue weighted by Crippen LogP contribution is -1.91. The third-order valence-electron chi connectivity index (χ3n) is 3.80. The quantitative estimate of drug-likeness (QED) is 0.777. The van der Waals surface area contributed by atoms with Crippen LogP contribution in [0, 0.1) is 0 Å². The molecule has 0 saturated heterocycles. The van der Waals surface area contributed by atoms with Gasteiger partial charge in [-0.15, -0.1) is 0 Å². The number of nitrogens with one attached hydrogen (secondary N) is 1. The van der Waals surface area contributed by atoms with Crippen LogP contribution in [0.1, 0.15) is 37.3 Å². The summed E-state index contributed by atoms with van der Waals surface area (Å²) in [4.78, 5) is 3.50. The van der Waals surface area contributed by atoms with E-state index < -0.39 is 0 Å². The van der Waals surface area contributed by atoms with E-state index in [0.29, 0.717) is 11.6 Å². The molecule has 0 unspecified atom stereocenters. The average Bonchev–Trinajstić information content (AvgIpc) is 2.97.